The summed E-state index contributed by atoms with van der Waals surface area (Å²) in [5.41, 5.74) is 2.45. The number of aryl methyl sites for hydroxylation is 1. The van der Waals surface area contributed by atoms with Crippen molar-refractivity contribution in [1.82, 2.24) is 0 Å². The first-order chi connectivity index (χ1) is 6.26. The lowest BCUT2D eigenvalue weighted by Gasteiger charge is -2.07. The van der Waals surface area contributed by atoms with Gasteiger partial charge in [-0.3, -0.25) is 0 Å². The summed E-state index contributed by atoms with van der Waals surface area (Å²) in [5.74, 6) is 0. The molecule has 1 unspecified atom stereocenters. The van der Waals surface area contributed by atoms with Crippen molar-refractivity contribution in [2.45, 2.75) is 19.5 Å². The van der Waals surface area contributed by atoms with Crippen molar-refractivity contribution < 1.29 is 9.42 Å². The molecule has 0 aliphatic heterocycles. The van der Waals surface area contributed by atoms with E-state index >= 15 is 0 Å². The summed E-state index contributed by atoms with van der Waals surface area (Å²) < 4.78 is 4.83. The molecule has 0 amide bonds. The summed E-state index contributed by atoms with van der Waals surface area (Å²) in [5, 5.41) is 0. The molecular formula is C10H15O2P. The van der Waals surface area contributed by atoms with Crippen molar-refractivity contribution in [1.29, 1.82) is 0 Å². The van der Waals surface area contributed by atoms with Gasteiger partial charge in [-0.05, 0) is 17.5 Å². The molecule has 3 heteroatoms. The number of rotatable bonds is 4. The van der Waals surface area contributed by atoms with Crippen LogP contribution in [0.15, 0.2) is 24.3 Å². The summed E-state index contributed by atoms with van der Waals surface area (Å²) >= 11 is 0. The quantitative estimate of drug-likeness (QED) is 0.754. The van der Waals surface area contributed by atoms with Crippen molar-refractivity contribution in [2.75, 3.05) is 7.11 Å². The third-order valence-corrected chi connectivity index (χ3v) is 3.02. The van der Waals surface area contributed by atoms with E-state index in [0.29, 0.717) is 6.16 Å². The van der Waals surface area contributed by atoms with Crippen LogP contribution in [0.4, 0.5) is 0 Å². The maximum atomic E-state index is 9.28. The van der Waals surface area contributed by atoms with E-state index in [9.17, 15) is 4.89 Å². The smallest absolute Gasteiger partial charge is 0.172 e. The van der Waals surface area contributed by atoms with Gasteiger partial charge in [-0.25, -0.2) is 0 Å². The van der Waals surface area contributed by atoms with Gasteiger partial charge in [0, 0.05) is 13.3 Å². The fourth-order valence-electron chi connectivity index (χ4n) is 1.10. The van der Waals surface area contributed by atoms with Crippen LogP contribution < -0.4 is 0 Å². The van der Waals surface area contributed by atoms with Gasteiger partial charge in [-0.15, -0.1) is 0 Å². The Morgan fingerprint density at radius 3 is 2.23 bits per heavy atom. The van der Waals surface area contributed by atoms with Crippen LogP contribution in [0.5, 0.6) is 0 Å². The summed E-state index contributed by atoms with van der Waals surface area (Å²) in [6.07, 6.45) is 1.67. The fourth-order valence-corrected chi connectivity index (χ4v) is 1.75. The molecular weight excluding hydrogens is 183 g/mol. The topological polar surface area (TPSA) is 29.5 Å². The van der Waals surface area contributed by atoms with Crippen molar-refractivity contribution in [3.8, 4) is 0 Å². The highest BCUT2D eigenvalue weighted by Crippen LogP contribution is 2.34. The van der Waals surface area contributed by atoms with Gasteiger partial charge in [0.05, 0.1) is 0 Å². The van der Waals surface area contributed by atoms with Crippen LogP contribution in [0.3, 0.4) is 0 Å². The van der Waals surface area contributed by atoms with Gasteiger partial charge in [0.25, 0.3) is 0 Å². The van der Waals surface area contributed by atoms with Gasteiger partial charge < -0.3 is 9.42 Å². The zero-order valence-electron chi connectivity index (χ0n) is 8.03. The number of hydrogen-bond acceptors (Lipinski definition) is 2. The van der Waals surface area contributed by atoms with Gasteiger partial charge in [0.15, 0.2) is 8.38 Å². The first-order valence-electron chi connectivity index (χ1n) is 4.34. The Hall–Kier alpha value is -0.430. The highest BCUT2D eigenvalue weighted by atomic mass is 31.2. The molecule has 72 valence electrons. The fraction of sp³-hybridized carbons (Fsp3) is 0.400. The maximum absolute atomic E-state index is 9.28. The normalized spacial score (nSPS) is 12.8. The Morgan fingerprint density at radius 2 is 1.77 bits per heavy atom. The van der Waals surface area contributed by atoms with Gasteiger partial charge in [-0.2, -0.15) is 0 Å². The van der Waals surface area contributed by atoms with Crippen molar-refractivity contribution >= 4 is 8.38 Å². The lowest BCUT2D eigenvalue weighted by molar-refractivity contribution is 0.389. The second kappa shape index (κ2) is 5.33. The molecule has 0 heterocycles. The molecule has 0 fully saturated rings. The zero-order valence-corrected chi connectivity index (χ0v) is 8.92. The average molecular weight is 198 g/mol. The average Bonchev–Trinajstić information content (AvgIpc) is 2.19. The minimum atomic E-state index is -1.27. The van der Waals surface area contributed by atoms with E-state index in [-0.39, 0.29) is 0 Å². The Bertz CT molecular complexity index is 246. The second-order valence-corrected chi connectivity index (χ2v) is 4.25. The molecule has 0 aliphatic carbocycles. The molecule has 1 N–H and O–H groups in total. The van der Waals surface area contributed by atoms with E-state index < -0.39 is 8.38 Å². The van der Waals surface area contributed by atoms with E-state index in [2.05, 4.69) is 19.1 Å². The summed E-state index contributed by atoms with van der Waals surface area (Å²) in [6, 6.07) is 8.27. The van der Waals surface area contributed by atoms with Crippen LogP contribution >= 0.6 is 8.38 Å². The lowest BCUT2D eigenvalue weighted by Crippen LogP contribution is -1.86. The molecule has 0 saturated heterocycles. The van der Waals surface area contributed by atoms with Crippen LogP contribution in [-0.4, -0.2) is 12.0 Å². The van der Waals surface area contributed by atoms with Crippen molar-refractivity contribution in [3.05, 3.63) is 35.4 Å². The Morgan fingerprint density at radius 1 is 1.23 bits per heavy atom. The van der Waals surface area contributed by atoms with Gasteiger partial charge in [0.2, 0.25) is 0 Å². The standard InChI is InChI=1S/C10H15O2P/c1-3-9-4-6-10(7-5-9)8-13(11)12-2/h4-7,11H,3,8H2,1-2H3. The van der Waals surface area contributed by atoms with Crippen LogP contribution in [0.2, 0.25) is 0 Å². The molecule has 1 atom stereocenters. The summed E-state index contributed by atoms with van der Waals surface area (Å²) in [7, 11) is 0.265. The van der Waals surface area contributed by atoms with Crippen molar-refractivity contribution in [3.63, 3.8) is 0 Å². The minimum absolute atomic E-state index is 0.621. The molecule has 0 saturated carbocycles. The van der Waals surface area contributed by atoms with E-state index in [4.69, 9.17) is 4.52 Å². The molecule has 0 aromatic heterocycles. The van der Waals surface area contributed by atoms with Crippen LogP contribution in [0.1, 0.15) is 18.1 Å². The molecule has 0 radical (unpaired) electrons. The van der Waals surface area contributed by atoms with E-state index in [0.717, 1.165) is 12.0 Å². The highest BCUT2D eigenvalue weighted by molar-refractivity contribution is 7.45. The number of benzene rings is 1. The van der Waals surface area contributed by atoms with Gasteiger partial charge in [-0.1, -0.05) is 31.2 Å². The highest BCUT2D eigenvalue weighted by Gasteiger charge is 2.03. The Balaban J connectivity index is 2.58. The van der Waals surface area contributed by atoms with E-state index in [1.165, 1.54) is 12.7 Å². The van der Waals surface area contributed by atoms with Gasteiger partial charge >= 0.3 is 0 Å². The third-order valence-electron chi connectivity index (χ3n) is 1.96. The second-order valence-electron chi connectivity index (χ2n) is 2.86. The van der Waals surface area contributed by atoms with Crippen LogP contribution in [0, 0.1) is 0 Å². The van der Waals surface area contributed by atoms with E-state index in [1.807, 2.05) is 12.1 Å². The Labute approximate surface area is 80.5 Å². The monoisotopic (exact) mass is 198 g/mol. The first kappa shape index (κ1) is 10.6. The molecule has 2 nitrogen and oxygen atoms in total. The lowest BCUT2D eigenvalue weighted by atomic mass is 10.1. The molecule has 1 aromatic carbocycles. The minimum Gasteiger partial charge on any atom is -0.350 e. The molecule has 1 aromatic rings. The molecule has 0 aliphatic rings. The van der Waals surface area contributed by atoms with E-state index in [1.54, 1.807) is 0 Å². The summed E-state index contributed by atoms with van der Waals surface area (Å²) in [6.45, 7) is 2.13. The number of hydrogen-bond donors (Lipinski definition) is 1. The molecule has 0 spiro atoms. The predicted octanol–water partition coefficient (Wildman–Crippen LogP) is 2.70. The maximum Gasteiger partial charge on any atom is 0.172 e. The largest absolute Gasteiger partial charge is 0.350 e. The predicted molar refractivity (Wildman–Crippen MR) is 55.7 cm³/mol. The molecule has 0 bridgehead atoms. The first-order valence-corrected chi connectivity index (χ1v) is 5.74. The van der Waals surface area contributed by atoms with Crippen molar-refractivity contribution in [2.24, 2.45) is 0 Å². The van der Waals surface area contributed by atoms with Gasteiger partial charge in [0.1, 0.15) is 0 Å². The zero-order chi connectivity index (χ0) is 9.68. The van der Waals surface area contributed by atoms with Crippen LogP contribution in [0.25, 0.3) is 0 Å². The summed E-state index contributed by atoms with van der Waals surface area (Å²) in [4.78, 5) is 9.28. The third kappa shape index (κ3) is 3.43. The SMILES string of the molecule is CCc1ccc(CP(O)OC)cc1. The molecule has 1 rings (SSSR count). The Kier molecular flexibility index (Phi) is 4.37. The molecule has 13 heavy (non-hydrogen) atoms. The van der Waals surface area contributed by atoms with Crippen LogP contribution in [-0.2, 0) is 17.1 Å².